The third kappa shape index (κ3) is 2.23. The number of nitrogens with zero attached hydrogens (tertiary/aromatic N) is 2. The minimum atomic E-state index is -0.560. The highest BCUT2D eigenvalue weighted by molar-refractivity contribution is 6.05. The van der Waals surface area contributed by atoms with Gasteiger partial charge in [0.2, 0.25) is 0 Å². The first kappa shape index (κ1) is 14.9. The summed E-state index contributed by atoms with van der Waals surface area (Å²) in [5.74, 6) is -0.0390. The van der Waals surface area contributed by atoms with Crippen molar-refractivity contribution in [3.63, 3.8) is 0 Å². The van der Waals surface area contributed by atoms with E-state index in [0.29, 0.717) is 27.8 Å². The van der Waals surface area contributed by atoms with Crippen molar-refractivity contribution in [2.75, 3.05) is 0 Å². The van der Waals surface area contributed by atoms with Crippen LogP contribution >= 0.6 is 0 Å². The Balaban J connectivity index is 2.01. The second-order valence-electron chi connectivity index (χ2n) is 5.76. The molecule has 0 saturated carbocycles. The Kier molecular flexibility index (Phi) is 3.08. The van der Waals surface area contributed by atoms with Gasteiger partial charge in [-0.05, 0) is 25.1 Å². The van der Waals surface area contributed by atoms with Gasteiger partial charge in [0.15, 0.2) is 0 Å². The lowest BCUT2D eigenvalue weighted by Gasteiger charge is -1.97. The van der Waals surface area contributed by atoms with Gasteiger partial charge in [-0.25, -0.2) is 4.98 Å². The number of nitro groups is 1. The van der Waals surface area contributed by atoms with Crippen LogP contribution in [0.5, 0.6) is 0 Å². The number of hydrogen-bond donors (Lipinski definition) is 3. The van der Waals surface area contributed by atoms with Crippen molar-refractivity contribution in [3.05, 3.63) is 57.8 Å². The summed E-state index contributed by atoms with van der Waals surface area (Å²) in [4.78, 5) is 33.1. The highest BCUT2D eigenvalue weighted by Crippen LogP contribution is 2.34. The van der Waals surface area contributed by atoms with E-state index >= 15 is 0 Å². The van der Waals surface area contributed by atoms with Crippen molar-refractivity contribution in [2.45, 2.75) is 6.92 Å². The molecule has 4 rings (SSSR count). The van der Waals surface area contributed by atoms with E-state index in [2.05, 4.69) is 15.0 Å². The smallest absolute Gasteiger partial charge is 0.270 e. The molecule has 0 aliphatic rings. The molecule has 0 aliphatic carbocycles. The molecule has 4 N–H and O–H groups in total. The van der Waals surface area contributed by atoms with Gasteiger partial charge in [-0.15, -0.1) is 0 Å². The van der Waals surface area contributed by atoms with Crippen LogP contribution in [0.15, 0.2) is 36.4 Å². The van der Waals surface area contributed by atoms with Gasteiger partial charge in [-0.2, -0.15) is 0 Å². The molecule has 1 amide bonds. The molecule has 0 unspecified atom stereocenters. The molecular formula is C17H13N5O3. The number of aromatic amines is 2. The van der Waals surface area contributed by atoms with Gasteiger partial charge >= 0.3 is 0 Å². The van der Waals surface area contributed by atoms with Crippen LogP contribution in [-0.4, -0.2) is 25.8 Å². The fraction of sp³-hybridized carbons (Fsp3) is 0.0588. The maximum Gasteiger partial charge on any atom is 0.270 e. The predicted octanol–water partition coefficient (Wildman–Crippen LogP) is 3.03. The maximum atomic E-state index is 11.6. The highest BCUT2D eigenvalue weighted by Gasteiger charge is 2.19. The van der Waals surface area contributed by atoms with Crippen LogP contribution < -0.4 is 5.73 Å². The normalized spacial score (nSPS) is 11.2. The van der Waals surface area contributed by atoms with Crippen LogP contribution in [0.2, 0.25) is 0 Å². The topological polar surface area (TPSA) is 131 Å². The molecule has 0 aliphatic heterocycles. The number of primary amides is 1. The fourth-order valence-corrected chi connectivity index (χ4v) is 3.08. The molecule has 25 heavy (non-hydrogen) atoms. The van der Waals surface area contributed by atoms with E-state index < -0.39 is 10.8 Å². The van der Waals surface area contributed by atoms with Crippen molar-refractivity contribution >= 4 is 33.5 Å². The Morgan fingerprint density at radius 2 is 2.00 bits per heavy atom. The molecule has 0 bridgehead atoms. The number of aryl methyl sites for hydroxylation is 1. The van der Waals surface area contributed by atoms with Crippen molar-refractivity contribution in [2.24, 2.45) is 5.73 Å². The molecule has 0 atom stereocenters. The summed E-state index contributed by atoms with van der Waals surface area (Å²) >= 11 is 0. The number of nitrogens with one attached hydrogen (secondary N) is 2. The molecule has 124 valence electrons. The monoisotopic (exact) mass is 335 g/mol. The Bertz CT molecular complexity index is 1170. The molecule has 4 aromatic rings. The molecule has 0 spiro atoms. The quantitative estimate of drug-likeness (QED) is 0.392. The number of amides is 1. The number of benzene rings is 2. The van der Waals surface area contributed by atoms with Crippen LogP contribution in [0, 0.1) is 17.0 Å². The van der Waals surface area contributed by atoms with Crippen molar-refractivity contribution < 1.29 is 9.72 Å². The molecule has 2 aromatic heterocycles. The van der Waals surface area contributed by atoms with Gasteiger partial charge < -0.3 is 15.7 Å². The van der Waals surface area contributed by atoms with Crippen LogP contribution in [0.25, 0.3) is 33.3 Å². The fourth-order valence-electron chi connectivity index (χ4n) is 3.08. The first-order valence-corrected chi connectivity index (χ1v) is 7.51. The predicted molar refractivity (Wildman–Crippen MR) is 93.3 cm³/mol. The molecule has 2 heterocycles. The first-order valence-electron chi connectivity index (χ1n) is 7.51. The zero-order valence-electron chi connectivity index (χ0n) is 13.2. The lowest BCUT2D eigenvalue weighted by molar-refractivity contribution is -0.384. The van der Waals surface area contributed by atoms with Gasteiger partial charge in [0.25, 0.3) is 11.6 Å². The van der Waals surface area contributed by atoms with Crippen LogP contribution in [0.1, 0.15) is 16.1 Å². The summed E-state index contributed by atoms with van der Waals surface area (Å²) in [7, 11) is 0. The number of para-hydroxylation sites is 1. The number of imidazole rings is 1. The van der Waals surface area contributed by atoms with Gasteiger partial charge in [0, 0.05) is 34.3 Å². The zero-order valence-corrected chi connectivity index (χ0v) is 13.2. The lowest BCUT2D eigenvalue weighted by atomic mass is 10.1. The largest absolute Gasteiger partial charge is 0.366 e. The van der Waals surface area contributed by atoms with Gasteiger partial charge in [-0.3, -0.25) is 14.9 Å². The number of nitro benzene ring substituents is 1. The molecule has 8 nitrogen and oxygen atoms in total. The van der Waals surface area contributed by atoms with Gasteiger partial charge in [0.1, 0.15) is 11.3 Å². The van der Waals surface area contributed by atoms with Gasteiger partial charge in [-0.1, -0.05) is 6.07 Å². The first-order chi connectivity index (χ1) is 12.0. The number of fused-ring (bicyclic) bond motifs is 2. The number of hydrogen-bond acceptors (Lipinski definition) is 4. The molecular weight excluding hydrogens is 322 g/mol. The molecule has 0 saturated heterocycles. The number of non-ortho nitro benzene ring substituents is 1. The van der Waals surface area contributed by atoms with E-state index in [0.717, 1.165) is 16.8 Å². The lowest BCUT2D eigenvalue weighted by Crippen LogP contribution is -2.11. The number of nitrogens with two attached hydrogens (primary N) is 1. The highest BCUT2D eigenvalue weighted by atomic mass is 16.6. The molecule has 0 fully saturated rings. The summed E-state index contributed by atoms with van der Waals surface area (Å²) in [6.45, 7) is 1.86. The summed E-state index contributed by atoms with van der Waals surface area (Å²) < 4.78 is 0. The Morgan fingerprint density at radius 3 is 2.72 bits per heavy atom. The number of rotatable bonds is 3. The zero-order chi connectivity index (χ0) is 17.7. The van der Waals surface area contributed by atoms with E-state index in [-0.39, 0.29) is 5.69 Å². The molecule has 2 aromatic carbocycles. The molecule has 0 radical (unpaired) electrons. The van der Waals surface area contributed by atoms with E-state index in [4.69, 9.17) is 5.73 Å². The van der Waals surface area contributed by atoms with Crippen LogP contribution in [0.4, 0.5) is 5.69 Å². The number of aromatic nitrogens is 3. The average Bonchev–Trinajstić information content (AvgIpc) is 3.12. The minimum Gasteiger partial charge on any atom is -0.366 e. The number of carbonyl (C=O) groups excluding carboxylic acids is 1. The summed E-state index contributed by atoms with van der Waals surface area (Å²) in [6.07, 6.45) is 0. The van der Waals surface area contributed by atoms with Crippen molar-refractivity contribution in [1.82, 2.24) is 15.0 Å². The van der Waals surface area contributed by atoms with Crippen LogP contribution in [-0.2, 0) is 0 Å². The summed E-state index contributed by atoms with van der Waals surface area (Å²) in [5, 5.41) is 11.8. The van der Waals surface area contributed by atoms with Crippen molar-refractivity contribution in [3.8, 4) is 11.4 Å². The summed E-state index contributed by atoms with van der Waals surface area (Å²) in [5.41, 5.74) is 9.19. The van der Waals surface area contributed by atoms with Crippen LogP contribution in [0.3, 0.4) is 0 Å². The van der Waals surface area contributed by atoms with E-state index in [1.165, 1.54) is 12.1 Å². The maximum absolute atomic E-state index is 11.6. The molecule has 8 heteroatoms. The number of H-pyrrole nitrogens is 2. The second kappa shape index (κ2) is 5.17. The van der Waals surface area contributed by atoms with Crippen molar-refractivity contribution in [1.29, 1.82) is 0 Å². The van der Waals surface area contributed by atoms with E-state index in [9.17, 15) is 14.9 Å². The van der Waals surface area contributed by atoms with E-state index in [1.54, 1.807) is 24.3 Å². The third-order valence-electron chi connectivity index (χ3n) is 4.20. The summed E-state index contributed by atoms with van der Waals surface area (Å²) in [6, 6.07) is 9.76. The standard InChI is InChI=1S/C17H13N5O3/c1-8-14(11-7-9(22(24)25)5-6-12(11)19-8)17-20-13-4-2-3-10(16(18)23)15(13)21-17/h2-7,19H,1H3,(H2,18,23)(H,20,21). The Hall–Kier alpha value is -3.68. The average molecular weight is 335 g/mol. The Morgan fingerprint density at radius 1 is 1.20 bits per heavy atom. The van der Waals surface area contributed by atoms with Gasteiger partial charge in [0.05, 0.1) is 16.0 Å². The van der Waals surface area contributed by atoms with E-state index in [1.807, 2.05) is 6.92 Å². The Labute approximate surface area is 140 Å². The SMILES string of the molecule is Cc1[nH]c2ccc([N+](=O)[O-])cc2c1-c1nc2c(C(N)=O)cccc2[nH]1. The second-order valence-corrected chi connectivity index (χ2v) is 5.76. The third-order valence-corrected chi connectivity index (χ3v) is 4.20. The number of carbonyl (C=O) groups is 1. The minimum absolute atomic E-state index is 0.00156.